The van der Waals surface area contributed by atoms with Gasteiger partial charge in [0.05, 0.1) is 12.0 Å². The molecule has 0 radical (unpaired) electrons. The third-order valence-corrected chi connectivity index (χ3v) is 7.70. The van der Waals surface area contributed by atoms with E-state index in [1.54, 1.807) is 84.0 Å². The summed E-state index contributed by atoms with van der Waals surface area (Å²) in [5.41, 5.74) is -3.76. The molecule has 0 N–H and O–H groups in total. The zero-order valence-corrected chi connectivity index (χ0v) is 29.1. The number of hydrogen-bond donors (Lipinski definition) is 0. The molecule has 0 saturated heterocycles. The molecule has 2 aromatic heterocycles. The van der Waals surface area contributed by atoms with E-state index in [2.05, 4.69) is 17.2 Å². The third kappa shape index (κ3) is 9.29. The summed E-state index contributed by atoms with van der Waals surface area (Å²) < 4.78 is 24.4. The highest BCUT2D eigenvalue weighted by molar-refractivity contribution is 6.08. The van der Waals surface area contributed by atoms with Crippen LogP contribution in [0.1, 0.15) is 104 Å². The zero-order valence-electron chi connectivity index (χ0n) is 29.1. The monoisotopic (exact) mass is 661 g/mol. The number of hydrogen-bond acceptors (Lipinski definition) is 10. The predicted octanol–water partition coefficient (Wildman–Crippen LogP) is 7.22. The number of fused-ring (bicyclic) bond motifs is 2. The van der Waals surface area contributed by atoms with Crippen molar-refractivity contribution in [2.24, 2.45) is 5.41 Å². The summed E-state index contributed by atoms with van der Waals surface area (Å²) in [6, 6.07) is 13.6. The van der Waals surface area contributed by atoms with Gasteiger partial charge in [-0.3, -0.25) is 19.2 Å². The first kappa shape index (κ1) is 36.3. The van der Waals surface area contributed by atoms with E-state index >= 15 is 0 Å². The maximum atomic E-state index is 14.0. The molecule has 0 unspecified atom stereocenters. The molecule has 258 valence electrons. The van der Waals surface area contributed by atoms with Gasteiger partial charge in [0.2, 0.25) is 0 Å². The Kier molecular flexibility index (Phi) is 11.4. The van der Waals surface area contributed by atoms with E-state index in [4.69, 9.17) is 18.6 Å². The number of aryl methyl sites for hydroxylation is 1. The molecule has 4 aromatic rings. The zero-order chi connectivity index (χ0) is 35.1. The summed E-state index contributed by atoms with van der Waals surface area (Å²) in [5, 5.41) is 9.12. The van der Waals surface area contributed by atoms with E-state index in [0.717, 1.165) is 17.5 Å². The fraction of sp³-hybridized carbons (Fsp3) is 0.514. The first-order chi connectivity index (χ1) is 22.6. The average molecular weight is 662 g/mol. The number of unbranched alkanes of at least 4 members (excludes halogenated alkanes) is 4. The van der Waals surface area contributed by atoms with Crippen LogP contribution in [0.4, 0.5) is 0 Å². The molecule has 2 aromatic carbocycles. The second-order valence-electron chi connectivity index (χ2n) is 14.1. The van der Waals surface area contributed by atoms with Gasteiger partial charge in [-0.15, -0.1) is 5.10 Å². The third-order valence-electron chi connectivity index (χ3n) is 7.70. The molecule has 11 nitrogen and oxygen atoms in total. The van der Waals surface area contributed by atoms with Crippen LogP contribution in [0.15, 0.2) is 57.7 Å². The molecule has 0 bridgehead atoms. The van der Waals surface area contributed by atoms with Gasteiger partial charge in [0, 0.05) is 24.4 Å². The number of rotatable bonds is 15. The van der Waals surface area contributed by atoms with Crippen LogP contribution >= 0.6 is 0 Å². The number of ketones is 1. The molecule has 0 fully saturated rings. The number of ether oxygens (including phenoxy) is 3. The standard InChI is InChI=1S/C37H47N3O8/c1-8-9-10-11-14-21-45-26-18-17-25-22-31(46-30(25)23-26)29(41)24-37(33(43)47-35(2,3)4,34(44)48-36(5,6)7)19-20-40-32(42)27-15-12-13-16-28(27)38-39-40/h12-13,15-18,22-23H,8-11,14,19-21,24H2,1-7H3. The summed E-state index contributed by atoms with van der Waals surface area (Å²) in [6.07, 6.45) is 4.62. The first-order valence-electron chi connectivity index (χ1n) is 16.6. The van der Waals surface area contributed by atoms with Crippen molar-refractivity contribution in [2.75, 3.05) is 6.61 Å². The summed E-state index contributed by atoms with van der Waals surface area (Å²) in [6.45, 7) is 12.5. The second-order valence-corrected chi connectivity index (χ2v) is 14.1. The Labute approximate surface area is 280 Å². The molecule has 0 aliphatic heterocycles. The summed E-state index contributed by atoms with van der Waals surface area (Å²) in [5.74, 6) is -1.94. The highest BCUT2D eigenvalue weighted by Crippen LogP contribution is 2.37. The van der Waals surface area contributed by atoms with Crippen molar-refractivity contribution in [2.45, 2.75) is 111 Å². The van der Waals surface area contributed by atoms with Gasteiger partial charge in [-0.1, -0.05) is 50.0 Å². The lowest BCUT2D eigenvalue weighted by molar-refractivity contribution is -0.186. The Morgan fingerprint density at radius 2 is 1.52 bits per heavy atom. The van der Waals surface area contributed by atoms with Crippen LogP contribution in [0.3, 0.4) is 0 Å². The first-order valence-corrected chi connectivity index (χ1v) is 16.6. The second kappa shape index (κ2) is 15.1. The van der Waals surface area contributed by atoms with Crippen molar-refractivity contribution in [3.05, 3.63) is 64.6 Å². The maximum absolute atomic E-state index is 14.0. The van der Waals surface area contributed by atoms with Crippen molar-refractivity contribution < 1.29 is 33.0 Å². The minimum absolute atomic E-state index is 0.0409. The fourth-order valence-corrected chi connectivity index (χ4v) is 5.23. The fourth-order valence-electron chi connectivity index (χ4n) is 5.23. The number of furan rings is 1. The molecule has 0 saturated carbocycles. The van der Waals surface area contributed by atoms with Crippen LogP contribution in [0.5, 0.6) is 5.75 Å². The van der Waals surface area contributed by atoms with Gasteiger partial charge in [-0.2, -0.15) is 0 Å². The van der Waals surface area contributed by atoms with E-state index in [-0.39, 0.29) is 18.7 Å². The Morgan fingerprint density at radius 3 is 2.19 bits per heavy atom. The van der Waals surface area contributed by atoms with E-state index in [1.807, 2.05) is 6.07 Å². The van der Waals surface area contributed by atoms with Gasteiger partial charge in [0.1, 0.15) is 28.1 Å². The molecule has 0 spiro atoms. The van der Waals surface area contributed by atoms with Crippen LogP contribution < -0.4 is 10.3 Å². The van der Waals surface area contributed by atoms with Crippen molar-refractivity contribution in [1.82, 2.24) is 15.0 Å². The molecule has 0 aliphatic carbocycles. The van der Waals surface area contributed by atoms with Crippen LogP contribution in [-0.2, 0) is 25.6 Å². The summed E-state index contributed by atoms with van der Waals surface area (Å²) in [7, 11) is 0. The van der Waals surface area contributed by atoms with Crippen molar-refractivity contribution >= 4 is 39.6 Å². The molecular formula is C37H47N3O8. The molecular weight excluding hydrogens is 614 g/mol. The van der Waals surface area contributed by atoms with Crippen LogP contribution in [0.25, 0.3) is 21.9 Å². The lowest BCUT2D eigenvalue weighted by atomic mass is 9.78. The number of nitrogens with zero attached hydrogens (tertiary/aromatic N) is 3. The van der Waals surface area contributed by atoms with Crippen molar-refractivity contribution in [3.63, 3.8) is 0 Å². The van der Waals surface area contributed by atoms with Gasteiger partial charge in [0.15, 0.2) is 17.0 Å². The van der Waals surface area contributed by atoms with E-state index in [9.17, 15) is 19.2 Å². The largest absolute Gasteiger partial charge is 0.493 e. The highest BCUT2D eigenvalue weighted by atomic mass is 16.6. The quantitative estimate of drug-likeness (QED) is 0.0555. The number of benzene rings is 2. The van der Waals surface area contributed by atoms with Crippen molar-refractivity contribution in [1.29, 1.82) is 0 Å². The molecule has 48 heavy (non-hydrogen) atoms. The summed E-state index contributed by atoms with van der Waals surface area (Å²) >= 11 is 0. The van der Waals surface area contributed by atoms with Gasteiger partial charge >= 0.3 is 11.9 Å². The molecule has 2 heterocycles. The summed E-state index contributed by atoms with van der Waals surface area (Å²) in [4.78, 5) is 55.3. The normalized spacial score (nSPS) is 12.3. The predicted molar refractivity (Wildman–Crippen MR) is 182 cm³/mol. The topological polar surface area (TPSA) is 140 Å². The minimum atomic E-state index is -2.14. The number of carbonyl (C=O) groups is 3. The molecule has 4 rings (SSSR count). The van der Waals surface area contributed by atoms with E-state index < -0.39 is 46.3 Å². The number of aromatic nitrogens is 3. The smallest absolute Gasteiger partial charge is 0.324 e. The highest BCUT2D eigenvalue weighted by Gasteiger charge is 2.53. The van der Waals surface area contributed by atoms with E-state index in [0.29, 0.717) is 34.2 Å². The Balaban J connectivity index is 1.67. The van der Waals surface area contributed by atoms with Gasteiger partial charge in [0.25, 0.3) is 5.56 Å². The molecule has 0 aliphatic rings. The lowest BCUT2D eigenvalue weighted by Gasteiger charge is -2.34. The number of carbonyl (C=O) groups excluding carboxylic acids is 3. The maximum Gasteiger partial charge on any atom is 0.324 e. The molecule has 0 amide bonds. The van der Waals surface area contributed by atoms with Crippen LogP contribution in [-0.4, -0.2) is 50.5 Å². The van der Waals surface area contributed by atoms with Gasteiger partial charge < -0.3 is 18.6 Å². The van der Waals surface area contributed by atoms with Gasteiger partial charge in [-0.25, -0.2) is 4.68 Å². The Hall–Kier alpha value is -4.54. The Bertz CT molecular complexity index is 1780. The molecule has 11 heteroatoms. The minimum Gasteiger partial charge on any atom is -0.493 e. The van der Waals surface area contributed by atoms with E-state index in [1.165, 1.54) is 19.3 Å². The van der Waals surface area contributed by atoms with Crippen LogP contribution in [0, 0.1) is 5.41 Å². The number of esters is 2. The number of Topliss-reactive ketones (excluding diaryl/α,β-unsaturated/α-hetero) is 1. The lowest BCUT2D eigenvalue weighted by Crippen LogP contribution is -2.49. The van der Waals surface area contributed by atoms with Crippen molar-refractivity contribution in [3.8, 4) is 5.75 Å². The van der Waals surface area contributed by atoms with Gasteiger partial charge in [-0.05, 0) is 84.7 Å². The average Bonchev–Trinajstić information content (AvgIpc) is 3.44. The molecule has 0 atom stereocenters. The SMILES string of the molecule is CCCCCCCOc1ccc2cc(C(=O)CC(CCn3nnc4ccccc4c3=O)(C(=O)OC(C)(C)C)C(=O)OC(C)(C)C)oc2c1. The Morgan fingerprint density at radius 1 is 0.854 bits per heavy atom. The van der Waals surface area contributed by atoms with Crippen LogP contribution in [0.2, 0.25) is 0 Å².